The van der Waals surface area contributed by atoms with Gasteiger partial charge in [0, 0.05) is 18.5 Å². The van der Waals surface area contributed by atoms with Gasteiger partial charge in [0.2, 0.25) is 10.0 Å². The fourth-order valence-electron chi connectivity index (χ4n) is 2.89. The molecular formula is C13H19ClN2O2S. The van der Waals surface area contributed by atoms with E-state index in [1.807, 2.05) is 6.07 Å². The number of piperidine rings is 1. The van der Waals surface area contributed by atoms with Gasteiger partial charge in [0.25, 0.3) is 0 Å². The standard InChI is InChI=1S/C13H18N2O2S.ClH/c16-18(17,12-4-2-1-3-5-12)15-10-13(11-15)6-8-14-9-7-13;/h1-5,14H,6-11H2;1H. The molecule has 19 heavy (non-hydrogen) atoms. The summed E-state index contributed by atoms with van der Waals surface area (Å²) in [5, 5.41) is 3.33. The van der Waals surface area contributed by atoms with Crippen LogP contribution in [0.5, 0.6) is 0 Å². The SMILES string of the molecule is Cl.O=S(=O)(c1ccccc1)N1CC2(CCNCC2)C1. The molecule has 1 aromatic rings. The topological polar surface area (TPSA) is 49.4 Å². The number of hydrogen-bond acceptors (Lipinski definition) is 3. The summed E-state index contributed by atoms with van der Waals surface area (Å²) in [7, 11) is -3.26. The third kappa shape index (κ3) is 2.65. The van der Waals surface area contributed by atoms with E-state index >= 15 is 0 Å². The highest BCUT2D eigenvalue weighted by Gasteiger charge is 2.48. The zero-order chi connectivity index (χ0) is 12.6. The molecule has 2 aliphatic rings. The van der Waals surface area contributed by atoms with Crippen molar-refractivity contribution in [3.05, 3.63) is 30.3 Å². The summed E-state index contributed by atoms with van der Waals surface area (Å²) in [6, 6.07) is 8.72. The lowest BCUT2D eigenvalue weighted by atomic mass is 9.74. The highest BCUT2D eigenvalue weighted by atomic mass is 35.5. The Balaban J connectivity index is 0.00000133. The van der Waals surface area contributed by atoms with Gasteiger partial charge in [0.15, 0.2) is 0 Å². The summed E-state index contributed by atoms with van der Waals surface area (Å²) in [4.78, 5) is 0.411. The second kappa shape index (κ2) is 5.40. The first-order chi connectivity index (χ1) is 8.62. The van der Waals surface area contributed by atoms with Crippen molar-refractivity contribution in [1.82, 2.24) is 9.62 Å². The van der Waals surface area contributed by atoms with E-state index in [0.29, 0.717) is 18.0 Å². The van der Waals surface area contributed by atoms with Gasteiger partial charge < -0.3 is 5.32 Å². The third-order valence-corrected chi connectivity index (χ3v) is 5.87. The molecule has 2 saturated heterocycles. The summed E-state index contributed by atoms with van der Waals surface area (Å²) in [6.45, 7) is 3.40. The van der Waals surface area contributed by atoms with Crippen LogP contribution >= 0.6 is 12.4 Å². The highest BCUT2D eigenvalue weighted by Crippen LogP contribution is 2.41. The van der Waals surface area contributed by atoms with Gasteiger partial charge in [-0.1, -0.05) is 18.2 Å². The molecule has 2 fully saturated rings. The van der Waals surface area contributed by atoms with Gasteiger partial charge in [0.05, 0.1) is 4.90 Å². The predicted octanol–water partition coefficient (Wildman–Crippen LogP) is 1.48. The van der Waals surface area contributed by atoms with E-state index in [-0.39, 0.29) is 17.8 Å². The van der Waals surface area contributed by atoms with Gasteiger partial charge in [-0.25, -0.2) is 8.42 Å². The molecule has 0 atom stereocenters. The molecule has 0 saturated carbocycles. The Kier molecular flexibility index (Phi) is 4.20. The van der Waals surface area contributed by atoms with Gasteiger partial charge >= 0.3 is 0 Å². The van der Waals surface area contributed by atoms with E-state index < -0.39 is 10.0 Å². The van der Waals surface area contributed by atoms with Crippen molar-refractivity contribution in [3.63, 3.8) is 0 Å². The first-order valence-electron chi connectivity index (χ1n) is 6.38. The maximum absolute atomic E-state index is 12.4. The summed E-state index contributed by atoms with van der Waals surface area (Å²) in [6.07, 6.45) is 2.18. The lowest BCUT2D eigenvalue weighted by molar-refractivity contribution is 0.0373. The minimum absolute atomic E-state index is 0. The molecule has 0 aliphatic carbocycles. The van der Waals surface area contributed by atoms with Crippen molar-refractivity contribution in [1.29, 1.82) is 0 Å². The molecule has 0 amide bonds. The third-order valence-electron chi connectivity index (χ3n) is 4.07. The Morgan fingerprint density at radius 3 is 2.21 bits per heavy atom. The number of nitrogens with one attached hydrogen (secondary N) is 1. The van der Waals surface area contributed by atoms with E-state index in [1.165, 1.54) is 0 Å². The van der Waals surface area contributed by atoms with Crippen LogP contribution in [0.3, 0.4) is 0 Å². The molecule has 4 nitrogen and oxygen atoms in total. The fourth-order valence-corrected chi connectivity index (χ4v) is 4.57. The van der Waals surface area contributed by atoms with Crippen molar-refractivity contribution in [2.75, 3.05) is 26.2 Å². The summed E-state index contributed by atoms with van der Waals surface area (Å²) in [5.41, 5.74) is 0.243. The minimum atomic E-state index is -3.26. The molecule has 3 rings (SSSR count). The van der Waals surface area contributed by atoms with Crippen molar-refractivity contribution in [2.24, 2.45) is 5.41 Å². The molecule has 0 bridgehead atoms. The molecular weight excluding hydrogens is 284 g/mol. The molecule has 0 aromatic heterocycles. The molecule has 0 unspecified atom stereocenters. The molecule has 106 valence electrons. The molecule has 1 N–H and O–H groups in total. The Labute approximate surface area is 120 Å². The number of halogens is 1. The zero-order valence-electron chi connectivity index (χ0n) is 10.7. The Bertz CT molecular complexity index is 519. The van der Waals surface area contributed by atoms with Gasteiger partial charge in [-0.2, -0.15) is 4.31 Å². The smallest absolute Gasteiger partial charge is 0.243 e. The number of benzene rings is 1. The van der Waals surface area contributed by atoms with Gasteiger partial charge in [-0.3, -0.25) is 0 Å². The summed E-state index contributed by atoms with van der Waals surface area (Å²) >= 11 is 0. The maximum atomic E-state index is 12.4. The van der Waals surface area contributed by atoms with Crippen molar-refractivity contribution >= 4 is 22.4 Å². The number of nitrogens with zero attached hydrogens (tertiary/aromatic N) is 1. The average Bonchev–Trinajstić information content (AvgIpc) is 2.38. The molecule has 6 heteroatoms. The van der Waals surface area contributed by atoms with Crippen LogP contribution < -0.4 is 5.32 Å². The predicted molar refractivity (Wildman–Crippen MR) is 77.0 cm³/mol. The highest BCUT2D eigenvalue weighted by molar-refractivity contribution is 7.89. The van der Waals surface area contributed by atoms with Crippen LogP contribution in [0, 0.1) is 5.41 Å². The Hall–Kier alpha value is -0.620. The van der Waals surface area contributed by atoms with Crippen LogP contribution in [0.25, 0.3) is 0 Å². The summed E-state index contributed by atoms with van der Waals surface area (Å²) in [5.74, 6) is 0. The lowest BCUT2D eigenvalue weighted by Crippen LogP contribution is -2.61. The quantitative estimate of drug-likeness (QED) is 0.900. The fraction of sp³-hybridized carbons (Fsp3) is 0.538. The van der Waals surface area contributed by atoms with Crippen LogP contribution in [0.15, 0.2) is 35.2 Å². The largest absolute Gasteiger partial charge is 0.317 e. The van der Waals surface area contributed by atoms with E-state index in [9.17, 15) is 8.42 Å². The summed E-state index contributed by atoms with van der Waals surface area (Å²) < 4.78 is 26.3. The molecule has 1 aromatic carbocycles. The van der Waals surface area contributed by atoms with Crippen molar-refractivity contribution in [3.8, 4) is 0 Å². The molecule has 2 heterocycles. The van der Waals surface area contributed by atoms with Crippen LogP contribution in [-0.2, 0) is 10.0 Å². The van der Waals surface area contributed by atoms with Crippen LogP contribution in [0.2, 0.25) is 0 Å². The lowest BCUT2D eigenvalue weighted by Gasteiger charge is -2.51. The molecule has 1 spiro atoms. The average molecular weight is 303 g/mol. The second-order valence-corrected chi connectivity index (χ2v) is 7.27. The zero-order valence-corrected chi connectivity index (χ0v) is 12.3. The first-order valence-corrected chi connectivity index (χ1v) is 7.82. The monoisotopic (exact) mass is 302 g/mol. The minimum Gasteiger partial charge on any atom is -0.317 e. The van der Waals surface area contributed by atoms with Crippen molar-refractivity contribution < 1.29 is 8.42 Å². The second-order valence-electron chi connectivity index (χ2n) is 5.34. The Morgan fingerprint density at radius 2 is 1.63 bits per heavy atom. The van der Waals surface area contributed by atoms with E-state index in [2.05, 4.69) is 5.32 Å². The van der Waals surface area contributed by atoms with Gasteiger partial charge in [-0.05, 0) is 38.1 Å². The number of hydrogen-bond donors (Lipinski definition) is 1. The van der Waals surface area contributed by atoms with Gasteiger partial charge in [0.1, 0.15) is 0 Å². The molecule has 0 radical (unpaired) electrons. The van der Waals surface area contributed by atoms with Crippen LogP contribution in [-0.4, -0.2) is 38.9 Å². The maximum Gasteiger partial charge on any atom is 0.243 e. The number of rotatable bonds is 2. The van der Waals surface area contributed by atoms with Crippen LogP contribution in [0.1, 0.15) is 12.8 Å². The van der Waals surface area contributed by atoms with E-state index in [0.717, 1.165) is 25.9 Å². The van der Waals surface area contributed by atoms with Crippen molar-refractivity contribution in [2.45, 2.75) is 17.7 Å². The number of sulfonamides is 1. The van der Waals surface area contributed by atoms with E-state index in [1.54, 1.807) is 28.6 Å². The van der Waals surface area contributed by atoms with Gasteiger partial charge in [-0.15, -0.1) is 12.4 Å². The molecule has 2 aliphatic heterocycles. The Morgan fingerprint density at radius 1 is 1.05 bits per heavy atom. The van der Waals surface area contributed by atoms with E-state index in [4.69, 9.17) is 0 Å². The normalized spacial score (nSPS) is 22.5. The van der Waals surface area contributed by atoms with Crippen LogP contribution in [0.4, 0.5) is 0 Å². The first kappa shape index (κ1) is 14.8.